The van der Waals surface area contributed by atoms with Gasteiger partial charge in [0.2, 0.25) is 0 Å². The van der Waals surface area contributed by atoms with Crippen LogP contribution in [0, 0.1) is 5.41 Å². The van der Waals surface area contributed by atoms with Crippen LogP contribution in [0.2, 0.25) is 0 Å². The second-order valence-corrected chi connectivity index (χ2v) is 9.20. The Morgan fingerprint density at radius 2 is 1.84 bits per heavy atom. The van der Waals surface area contributed by atoms with Gasteiger partial charge in [0, 0.05) is 29.5 Å². The van der Waals surface area contributed by atoms with Crippen LogP contribution in [0.3, 0.4) is 0 Å². The van der Waals surface area contributed by atoms with Crippen LogP contribution in [0.4, 0.5) is 16.6 Å². The number of rotatable bonds is 7. The van der Waals surface area contributed by atoms with Gasteiger partial charge in [0.1, 0.15) is 0 Å². The van der Waals surface area contributed by atoms with E-state index in [0.29, 0.717) is 11.4 Å². The molecule has 3 N–H and O–H groups in total. The summed E-state index contributed by atoms with van der Waals surface area (Å²) in [5.74, 6) is 0.242. The maximum absolute atomic E-state index is 12.8. The number of amides is 1. The van der Waals surface area contributed by atoms with Gasteiger partial charge in [-0.1, -0.05) is 32.9 Å². The SMILES string of the molecule is C/C(=N\Nc1ncccc1C(=O)N[C@@H](C)C(C)(C)C)c1ccc(Nc2nccs2)cc1. The zero-order chi connectivity index (χ0) is 22.4. The van der Waals surface area contributed by atoms with Gasteiger partial charge in [0.05, 0.1) is 11.3 Å². The minimum atomic E-state index is -0.177. The number of aromatic nitrogens is 2. The Kier molecular flexibility index (Phi) is 7.02. The Labute approximate surface area is 187 Å². The fourth-order valence-corrected chi connectivity index (χ4v) is 3.12. The van der Waals surface area contributed by atoms with Gasteiger partial charge >= 0.3 is 0 Å². The quantitative estimate of drug-likeness (QED) is 0.346. The van der Waals surface area contributed by atoms with Gasteiger partial charge in [0.15, 0.2) is 10.9 Å². The van der Waals surface area contributed by atoms with Crippen molar-refractivity contribution in [3.8, 4) is 0 Å². The van der Waals surface area contributed by atoms with Gasteiger partial charge in [-0.05, 0) is 49.1 Å². The molecule has 2 aromatic heterocycles. The predicted molar refractivity (Wildman–Crippen MR) is 128 cm³/mol. The second-order valence-electron chi connectivity index (χ2n) is 8.31. The molecule has 0 spiro atoms. The highest BCUT2D eigenvalue weighted by molar-refractivity contribution is 7.13. The van der Waals surface area contributed by atoms with Gasteiger partial charge in [-0.3, -0.25) is 10.2 Å². The lowest BCUT2D eigenvalue weighted by Gasteiger charge is -2.28. The van der Waals surface area contributed by atoms with E-state index in [4.69, 9.17) is 0 Å². The smallest absolute Gasteiger partial charge is 0.255 e. The normalized spacial score (nSPS) is 12.9. The minimum absolute atomic E-state index is 0.00907. The van der Waals surface area contributed by atoms with Gasteiger partial charge in [-0.25, -0.2) is 9.97 Å². The second kappa shape index (κ2) is 9.70. The van der Waals surface area contributed by atoms with E-state index in [0.717, 1.165) is 22.1 Å². The molecule has 0 aliphatic rings. The molecule has 162 valence electrons. The Morgan fingerprint density at radius 1 is 1.10 bits per heavy atom. The molecule has 2 heterocycles. The molecule has 1 aromatic carbocycles. The first-order valence-electron chi connectivity index (χ1n) is 10.1. The highest BCUT2D eigenvalue weighted by Gasteiger charge is 2.23. The minimum Gasteiger partial charge on any atom is -0.349 e. The third-order valence-electron chi connectivity index (χ3n) is 5.01. The average Bonchev–Trinajstić information content (AvgIpc) is 3.25. The van der Waals surface area contributed by atoms with Crippen LogP contribution >= 0.6 is 11.3 Å². The highest BCUT2D eigenvalue weighted by atomic mass is 32.1. The topological polar surface area (TPSA) is 91.3 Å². The molecule has 0 bridgehead atoms. The molecule has 0 aliphatic carbocycles. The van der Waals surface area contributed by atoms with E-state index < -0.39 is 0 Å². The summed E-state index contributed by atoms with van der Waals surface area (Å²) in [7, 11) is 0. The first-order chi connectivity index (χ1) is 14.7. The van der Waals surface area contributed by atoms with Crippen LogP contribution in [0.25, 0.3) is 0 Å². The molecule has 7 nitrogen and oxygen atoms in total. The first kappa shape index (κ1) is 22.4. The predicted octanol–water partition coefficient (Wildman–Crippen LogP) is 5.28. The van der Waals surface area contributed by atoms with Crippen LogP contribution in [0.5, 0.6) is 0 Å². The number of nitrogens with zero attached hydrogens (tertiary/aromatic N) is 3. The van der Waals surface area contributed by atoms with Crippen LogP contribution < -0.4 is 16.1 Å². The molecule has 8 heteroatoms. The van der Waals surface area contributed by atoms with Crippen molar-refractivity contribution >= 4 is 39.6 Å². The molecule has 3 aromatic rings. The maximum atomic E-state index is 12.8. The van der Waals surface area contributed by atoms with Crippen molar-refractivity contribution in [1.82, 2.24) is 15.3 Å². The fraction of sp³-hybridized carbons (Fsp3) is 0.304. The molecule has 1 atom stereocenters. The summed E-state index contributed by atoms with van der Waals surface area (Å²) >= 11 is 1.55. The number of carbonyl (C=O) groups is 1. The van der Waals surface area contributed by atoms with Gasteiger partial charge in [0.25, 0.3) is 5.91 Å². The summed E-state index contributed by atoms with van der Waals surface area (Å²) < 4.78 is 0. The Bertz CT molecular complexity index is 1040. The third-order valence-corrected chi connectivity index (χ3v) is 5.70. The molecular formula is C23H28N6OS. The van der Waals surface area contributed by atoms with E-state index in [9.17, 15) is 4.79 Å². The van der Waals surface area contributed by atoms with E-state index in [1.165, 1.54) is 0 Å². The van der Waals surface area contributed by atoms with Crippen molar-refractivity contribution in [2.24, 2.45) is 10.5 Å². The molecular weight excluding hydrogens is 408 g/mol. The molecule has 3 rings (SSSR count). The Balaban J connectivity index is 1.69. The summed E-state index contributed by atoms with van der Waals surface area (Å²) in [6, 6.07) is 11.4. The number of nitrogens with one attached hydrogen (secondary N) is 3. The number of pyridine rings is 1. The van der Waals surface area contributed by atoms with Crippen molar-refractivity contribution in [2.45, 2.75) is 40.7 Å². The third kappa shape index (κ3) is 6.11. The lowest BCUT2D eigenvalue weighted by atomic mass is 9.88. The van der Waals surface area contributed by atoms with Crippen LogP contribution in [0.15, 0.2) is 59.3 Å². The van der Waals surface area contributed by atoms with E-state index in [1.54, 1.807) is 35.9 Å². The summed E-state index contributed by atoms with van der Waals surface area (Å²) in [6.07, 6.45) is 3.40. The largest absolute Gasteiger partial charge is 0.349 e. The maximum Gasteiger partial charge on any atom is 0.255 e. The first-order valence-corrected chi connectivity index (χ1v) is 10.9. The van der Waals surface area contributed by atoms with Gasteiger partial charge in [-0.15, -0.1) is 11.3 Å². The van der Waals surface area contributed by atoms with Crippen molar-refractivity contribution in [2.75, 3.05) is 10.7 Å². The molecule has 0 fully saturated rings. The Hall–Kier alpha value is -3.26. The Morgan fingerprint density at radius 3 is 2.48 bits per heavy atom. The van der Waals surface area contributed by atoms with Crippen molar-refractivity contribution in [3.63, 3.8) is 0 Å². The number of hydrazone groups is 1. The number of thiazole rings is 1. The molecule has 31 heavy (non-hydrogen) atoms. The van der Waals surface area contributed by atoms with Crippen LogP contribution in [0.1, 0.15) is 50.5 Å². The molecule has 0 saturated heterocycles. The van der Waals surface area contributed by atoms with Gasteiger partial charge in [-0.2, -0.15) is 5.10 Å². The lowest BCUT2D eigenvalue weighted by Crippen LogP contribution is -2.41. The molecule has 0 radical (unpaired) electrons. The van der Waals surface area contributed by atoms with E-state index >= 15 is 0 Å². The molecule has 0 aliphatic heterocycles. The van der Waals surface area contributed by atoms with E-state index in [-0.39, 0.29) is 17.4 Å². The number of carbonyl (C=O) groups excluding carboxylic acids is 1. The standard InChI is InChI=1S/C23H28N6OS/c1-15(17-8-10-18(11-9-17)27-22-25-13-14-31-22)28-29-20-19(7-6-12-24-20)21(30)26-16(2)23(3,4)5/h6-14,16H,1-5H3,(H,24,29)(H,25,27)(H,26,30)/b28-15+/t16-/m0/s1. The monoisotopic (exact) mass is 436 g/mol. The van der Waals surface area contributed by atoms with Crippen LogP contribution in [-0.2, 0) is 0 Å². The van der Waals surface area contributed by atoms with Gasteiger partial charge < -0.3 is 10.6 Å². The lowest BCUT2D eigenvalue weighted by molar-refractivity contribution is 0.0910. The summed E-state index contributed by atoms with van der Waals surface area (Å²) in [5, 5.41) is 13.5. The average molecular weight is 437 g/mol. The zero-order valence-corrected chi connectivity index (χ0v) is 19.2. The van der Waals surface area contributed by atoms with E-state index in [2.05, 4.69) is 51.9 Å². The summed E-state index contributed by atoms with van der Waals surface area (Å²) in [6.45, 7) is 10.2. The summed E-state index contributed by atoms with van der Waals surface area (Å²) in [5.41, 5.74) is 6.06. The molecule has 1 amide bonds. The molecule has 0 unspecified atom stereocenters. The van der Waals surface area contributed by atoms with Crippen LogP contribution in [-0.4, -0.2) is 27.6 Å². The van der Waals surface area contributed by atoms with Crippen molar-refractivity contribution in [3.05, 3.63) is 65.3 Å². The number of hydrogen-bond acceptors (Lipinski definition) is 7. The van der Waals surface area contributed by atoms with Crippen molar-refractivity contribution in [1.29, 1.82) is 0 Å². The fourth-order valence-electron chi connectivity index (χ4n) is 2.57. The molecule has 0 saturated carbocycles. The number of hydrogen-bond donors (Lipinski definition) is 3. The van der Waals surface area contributed by atoms with E-state index in [1.807, 2.05) is 43.5 Å². The zero-order valence-electron chi connectivity index (χ0n) is 18.4. The number of benzene rings is 1. The number of anilines is 3. The summed E-state index contributed by atoms with van der Waals surface area (Å²) in [4.78, 5) is 21.3. The van der Waals surface area contributed by atoms with Crippen molar-refractivity contribution < 1.29 is 4.79 Å². The highest BCUT2D eigenvalue weighted by Crippen LogP contribution is 2.21.